The molecule has 0 unspecified atom stereocenters. The van der Waals surface area contributed by atoms with Crippen molar-refractivity contribution in [3.8, 4) is 0 Å². The molecular weight excluding hydrogens is 320 g/mol. The van der Waals surface area contributed by atoms with Crippen LogP contribution in [0.15, 0.2) is 53.3 Å². The third kappa shape index (κ3) is 3.72. The number of amides is 2. The zero-order valence-corrected chi connectivity index (χ0v) is 13.5. The normalized spacial score (nSPS) is 10.4. The molecule has 7 nitrogen and oxygen atoms in total. The average molecular weight is 336 g/mol. The number of nitrogens with one attached hydrogen (secondary N) is 3. The Labute approximate surface area is 143 Å². The van der Waals surface area contributed by atoms with Crippen molar-refractivity contribution in [2.24, 2.45) is 0 Å². The molecule has 0 aliphatic rings. The molecule has 2 amide bonds. The van der Waals surface area contributed by atoms with Crippen molar-refractivity contribution in [1.29, 1.82) is 0 Å². The van der Waals surface area contributed by atoms with Crippen LogP contribution in [0.2, 0.25) is 0 Å². The summed E-state index contributed by atoms with van der Waals surface area (Å²) in [7, 11) is 0. The quantitative estimate of drug-likeness (QED) is 0.626. The van der Waals surface area contributed by atoms with Crippen LogP contribution in [-0.2, 0) is 11.2 Å². The minimum atomic E-state index is -0.607. The minimum Gasteiger partial charge on any atom is -0.273 e. The van der Waals surface area contributed by atoms with Gasteiger partial charge in [-0.1, -0.05) is 48.0 Å². The molecule has 0 radical (unpaired) electrons. The van der Waals surface area contributed by atoms with Crippen LogP contribution in [0.5, 0.6) is 0 Å². The molecule has 1 aromatic heterocycles. The Morgan fingerprint density at radius 2 is 1.68 bits per heavy atom. The standard InChI is InChI=1S/C18H16N4O3/c1-11-6-8-12(9-7-11)10-15(23)19-22-18(25)16-13-4-2-3-5-14(13)17(24)21-20-16/h2-9H,10H2,1H3,(H,19,23)(H,21,24)(H,22,25). The van der Waals surface area contributed by atoms with E-state index in [1.54, 1.807) is 24.3 Å². The van der Waals surface area contributed by atoms with Crippen molar-refractivity contribution in [2.75, 3.05) is 0 Å². The predicted molar refractivity (Wildman–Crippen MR) is 92.9 cm³/mol. The van der Waals surface area contributed by atoms with Crippen molar-refractivity contribution in [2.45, 2.75) is 13.3 Å². The molecule has 0 aliphatic carbocycles. The summed E-state index contributed by atoms with van der Waals surface area (Å²) in [4.78, 5) is 35.9. The molecule has 0 aliphatic heterocycles. The van der Waals surface area contributed by atoms with Gasteiger partial charge in [-0.05, 0) is 18.6 Å². The average Bonchev–Trinajstić information content (AvgIpc) is 2.62. The molecule has 0 fully saturated rings. The maximum Gasteiger partial charge on any atom is 0.290 e. The topological polar surface area (TPSA) is 104 Å². The van der Waals surface area contributed by atoms with Gasteiger partial charge in [0.2, 0.25) is 5.91 Å². The first-order valence-electron chi connectivity index (χ1n) is 7.67. The molecule has 0 spiro atoms. The van der Waals surface area contributed by atoms with E-state index in [0.29, 0.717) is 10.8 Å². The number of aryl methyl sites for hydroxylation is 1. The van der Waals surface area contributed by atoms with Crippen LogP contribution >= 0.6 is 0 Å². The highest BCUT2D eigenvalue weighted by molar-refractivity contribution is 6.05. The number of carbonyl (C=O) groups is 2. The van der Waals surface area contributed by atoms with E-state index in [0.717, 1.165) is 11.1 Å². The summed E-state index contributed by atoms with van der Waals surface area (Å²) in [5, 5.41) is 6.82. The van der Waals surface area contributed by atoms with Gasteiger partial charge in [-0.25, -0.2) is 5.10 Å². The van der Waals surface area contributed by atoms with E-state index in [1.807, 2.05) is 31.2 Å². The lowest BCUT2D eigenvalue weighted by Gasteiger charge is -2.08. The Bertz CT molecular complexity index is 993. The minimum absolute atomic E-state index is 0.0332. The molecule has 0 atom stereocenters. The molecule has 126 valence electrons. The summed E-state index contributed by atoms with van der Waals surface area (Å²) in [6.07, 6.45) is 0.139. The first kappa shape index (κ1) is 16.4. The van der Waals surface area contributed by atoms with Crippen LogP contribution in [0.3, 0.4) is 0 Å². The second-order valence-electron chi connectivity index (χ2n) is 5.61. The Balaban J connectivity index is 1.69. The number of aromatic nitrogens is 2. The molecule has 3 aromatic rings. The number of carbonyl (C=O) groups excluding carboxylic acids is 2. The second-order valence-corrected chi connectivity index (χ2v) is 5.61. The highest BCUT2D eigenvalue weighted by Crippen LogP contribution is 2.11. The van der Waals surface area contributed by atoms with Gasteiger partial charge in [0.25, 0.3) is 11.5 Å². The third-order valence-corrected chi connectivity index (χ3v) is 3.71. The number of fused-ring (bicyclic) bond motifs is 1. The smallest absolute Gasteiger partial charge is 0.273 e. The van der Waals surface area contributed by atoms with E-state index >= 15 is 0 Å². The molecular formula is C18H16N4O3. The number of benzene rings is 2. The number of nitrogens with zero attached hydrogens (tertiary/aromatic N) is 1. The molecule has 2 aromatic carbocycles. The fourth-order valence-electron chi connectivity index (χ4n) is 2.41. The van der Waals surface area contributed by atoms with Gasteiger partial charge in [-0.2, -0.15) is 5.10 Å². The number of aromatic amines is 1. The Morgan fingerprint density at radius 1 is 1.00 bits per heavy atom. The van der Waals surface area contributed by atoms with Crippen LogP contribution in [0, 0.1) is 6.92 Å². The molecule has 3 rings (SSSR count). The largest absolute Gasteiger partial charge is 0.290 e. The van der Waals surface area contributed by atoms with Crippen molar-refractivity contribution in [3.05, 3.63) is 75.7 Å². The van der Waals surface area contributed by atoms with Crippen molar-refractivity contribution < 1.29 is 9.59 Å². The van der Waals surface area contributed by atoms with E-state index in [4.69, 9.17) is 0 Å². The molecule has 0 bridgehead atoms. The van der Waals surface area contributed by atoms with Crippen molar-refractivity contribution >= 4 is 22.6 Å². The lowest BCUT2D eigenvalue weighted by molar-refractivity contribution is -0.121. The third-order valence-electron chi connectivity index (χ3n) is 3.71. The molecule has 0 saturated heterocycles. The summed E-state index contributed by atoms with van der Waals surface area (Å²) in [6, 6.07) is 14.2. The van der Waals surface area contributed by atoms with E-state index in [1.165, 1.54) is 0 Å². The predicted octanol–water partition coefficient (Wildman–Crippen LogP) is 1.24. The summed E-state index contributed by atoms with van der Waals surface area (Å²) in [5.74, 6) is -0.962. The second kappa shape index (κ2) is 6.96. The summed E-state index contributed by atoms with van der Waals surface area (Å²) in [6.45, 7) is 1.96. The maximum absolute atomic E-state index is 12.3. The van der Waals surface area contributed by atoms with E-state index in [-0.39, 0.29) is 23.6 Å². The van der Waals surface area contributed by atoms with E-state index < -0.39 is 5.91 Å². The Morgan fingerprint density at radius 3 is 2.40 bits per heavy atom. The van der Waals surface area contributed by atoms with Gasteiger partial charge < -0.3 is 0 Å². The van der Waals surface area contributed by atoms with Gasteiger partial charge in [0, 0.05) is 5.39 Å². The highest BCUT2D eigenvalue weighted by atomic mass is 16.2. The zero-order chi connectivity index (χ0) is 17.8. The first-order valence-corrected chi connectivity index (χ1v) is 7.67. The molecule has 7 heteroatoms. The lowest BCUT2D eigenvalue weighted by atomic mass is 10.1. The van der Waals surface area contributed by atoms with Crippen LogP contribution in [0.4, 0.5) is 0 Å². The van der Waals surface area contributed by atoms with Crippen molar-refractivity contribution in [1.82, 2.24) is 21.0 Å². The fourth-order valence-corrected chi connectivity index (χ4v) is 2.41. The van der Waals surface area contributed by atoms with E-state index in [2.05, 4.69) is 21.0 Å². The van der Waals surface area contributed by atoms with Gasteiger partial charge >= 0.3 is 0 Å². The summed E-state index contributed by atoms with van der Waals surface area (Å²) in [5.41, 5.74) is 6.27. The highest BCUT2D eigenvalue weighted by Gasteiger charge is 2.14. The SMILES string of the molecule is Cc1ccc(CC(=O)NNC(=O)c2n[nH]c(=O)c3ccccc23)cc1. The number of hydrogen-bond donors (Lipinski definition) is 3. The summed E-state index contributed by atoms with van der Waals surface area (Å²) < 4.78 is 0. The first-order chi connectivity index (χ1) is 12.0. The van der Waals surface area contributed by atoms with Crippen molar-refractivity contribution in [3.63, 3.8) is 0 Å². The van der Waals surface area contributed by atoms with Gasteiger partial charge in [0.15, 0.2) is 5.69 Å². The number of H-pyrrole nitrogens is 1. The van der Waals surface area contributed by atoms with Crippen LogP contribution in [0.1, 0.15) is 21.6 Å². The Kier molecular flexibility index (Phi) is 4.56. The molecule has 25 heavy (non-hydrogen) atoms. The molecule has 3 N–H and O–H groups in total. The van der Waals surface area contributed by atoms with Gasteiger partial charge in [-0.3, -0.25) is 25.2 Å². The van der Waals surface area contributed by atoms with Crippen LogP contribution in [-0.4, -0.2) is 22.0 Å². The number of hydrazine groups is 1. The van der Waals surface area contributed by atoms with Gasteiger partial charge in [0.05, 0.1) is 11.8 Å². The Hall–Kier alpha value is -3.48. The fraction of sp³-hybridized carbons (Fsp3) is 0.111. The monoisotopic (exact) mass is 336 g/mol. The van der Waals surface area contributed by atoms with Crippen LogP contribution < -0.4 is 16.4 Å². The van der Waals surface area contributed by atoms with Gasteiger partial charge in [0.1, 0.15) is 0 Å². The maximum atomic E-state index is 12.3. The zero-order valence-electron chi connectivity index (χ0n) is 13.5. The van der Waals surface area contributed by atoms with Crippen LogP contribution in [0.25, 0.3) is 10.8 Å². The number of hydrogen-bond acceptors (Lipinski definition) is 4. The lowest BCUT2D eigenvalue weighted by Crippen LogP contribution is -2.43. The number of rotatable bonds is 3. The van der Waals surface area contributed by atoms with Gasteiger partial charge in [-0.15, -0.1) is 0 Å². The molecule has 0 saturated carbocycles. The summed E-state index contributed by atoms with van der Waals surface area (Å²) >= 11 is 0. The molecule has 1 heterocycles. The van der Waals surface area contributed by atoms with E-state index in [9.17, 15) is 14.4 Å².